The van der Waals surface area contributed by atoms with Gasteiger partial charge in [-0.3, -0.25) is 13.7 Å². The topological polar surface area (TPSA) is 53.5 Å². The Morgan fingerprint density at radius 2 is 0.619 bits per heavy atom. The quantitative estimate of drug-likeness (QED) is 0.217. The van der Waals surface area contributed by atoms with Crippen LogP contribution in [0.2, 0.25) is 0 Å². The van der Waals surface area contributed by atoms with E-state index in [0.717, 1.165) is 67.6 Å². The summed E-state index contributed by atoms with van der Waals surface area (Å²) in [6, 6.07) is 31.5. The monoisotopic (exact) mass is 558 g/mol. The smallest absolute Gasteiger partial charge is 0.111 e. The first kappa shape index (κ1) is 30.3. The van der Waals surface area contributed by atoms with Crippen molar-refractivity contribution in [1.82, 2.24) is 28.7 Å². The number of aryl methyl sites for hydroxylation is 3. The third-order valence-electron chi connectivity index (χ3n) is 6.85. The lowest BCUT2D eigenvalue weighted by atomic mass is 10.2. The minimum absolute atomic E-state index is 0.943. The number of para-hydroxylation sites is 6. The molecule has 0 fully saturated rings. The number of rotatable bonds is 3. The number of imidazole rings is 3. The molecule has 0 amide bonds. The van der Waals surface area contributed by atoms with Crippen molar-refractivity contribution in [2.24, 2.45) is 0 Å². The largest absolute Gasteiger partial charge is 0.296 e. The first-order valence-corrected chi connectivity index (χ1v) is 15.1. The summed E-state index contributed by atoms with van der Waals surface area (Å²) in [4.78, 5) is 14.5. The average Bonchev–Trinajstić information content (AvgIpc) is 3.68. The zero-order valence-corrected chi connectivity index (χ0v) is 26.3. The zero-order chi connectivity index (χ0) is 30.4. The summed E-state index contributed by atoms with van der Waals surface area (Å²) in [5, 5.41) is 0. The molecule has 0 radical (unpaired) electrons. The molecule has 3 heterocycles. The molecule has 0 aliphatic heterocycles. The van der Waals surface area contributed by atoms with Gasteiger partial charge in [-0.25, -0.2) is 15.0 Å². The zero-order valence-electron chi connectivity index (χ0n) is 26.3. The van der Waals surface area contributed by atoms with Crippen LogP contribution in [0.15, 0.2) is 91.0 Å². The molecule has 4 aromatic carbocycles. The fourth-order valence-electron chi connectivity index (χ4n) is 5.38. The summed E-state index contributed by atoms with van der Waals surface area (Å²) in [5.74, 6) is 2.83. The van der Waals surface area contributed by atoms with Crippen molar-refractivity contribution in [2.45, 2.75) is 62.3 Å². The summed E-state index contributed by atoms with van der Waals surface area (Å²) in [6.45, 7) is 18.2. The molecule has 7 aromatic rings. The van der Waals surface area contributed by atoms with E-state index in [1.165, 1.54) is 0 Å². The van der Waals surface area contributed by atoms with Crippen LogP contribution in [0.1, 0.15) is 59.0 Å². The summed E-state index contributed by atoms with van der Waals surface area (Å²) in [5.41, 5.74) is 9.32. The van der Waals surface area contributed by atoms with Gasteiger partial charge in [0, 0.05) is 0 Å². The van der Waals surface area contributed by atoms with Crippen molar-refractivity contribution >= 4 is 33.1 Å². The first-order valence-electron chi connectivity index (χ1n) is 15.1. The lowest BCUT2D eigenvalue weighted by Gasteiger charge is -2.16. The molecular formula is C36H42N6. The van der Waals surface area contributed by atoms with Crippen LogP contribution in [0, 0.1) is 20.8 Å². The van der Waals surface area contributed by atoms with Crippen molar-refractivity contribution < 1.29 is 0 Å². The molecule has 0 aliphatic rings. The van der Waals surface area contributed by atoms with E-state index in [-0.39, 0.29) is 0 Å². The molecule has 42 heavy (non-hydrogen) atoms. The summed E-state index contributed by atoms with van der Waals surface area (Å²) in [7, 11) is 0. The molecule has 0 atom stereocenters. The van der Waals surface area contributed by atoms with Crippen molar-refractivity contribution in [3.8, 4) is 17.1 Å². The highest BCUT2D eigenvalue weighted by Gasteiger charge is 2.17. The van der Waals surface area contributed by atoms with E-state index >= 15 is 0 Å². The van der Waals surface area contributed by atoms with Crippen LogP contribution in [0.25, 0.3) is 50.2 Å². The third-order valence-corrected chi connectivity index (χ3v) is 6.85. The molecule has 0 spiro atoms. The summed E-state index contributed by atoms with van der Waals surface area (Å²) in [6.07, 6.45) is 0. The molecule has 6 heteroatoms. The molecule has 0 aliphatic carbocycles. The Bertz CT molecular complexity index is 1700. The second-order valence-corrected chi connectivity index (χ2v) is 9.16. The van der Waals surface area contributed by atoms with E-state index in [9.17, 15) is 0 Å². The van der Waals surface area contributed by atoms with Crippen LogP contribution < -0.4 is 0 Å². The second kappa shape index (κ2) is 13.3. The Hall–Kier alpha value is -4.71. The maximum atomic E-state index is 4.83. The van der Waals surface area contributed by atoms with Crippen LogP contribution in [-0.2, 0) is 0 Å². The van der Waals surface area contributed by atoms with Crippen LogP contribution in [0.5, 0.6) is 0 Å². The highest BCUT2D eigenvalue weighted by atomic mass is 15.1. The lowest BCUT2D eigenvalue weighted by molar-refractivity contribution is 0.952. The maximum Gasteiger partial charge on any atom is 0.111 e. The molecule has 3 aromatic heterocycles. The normalized spacial score (nSPS) is 10.5. The van der Waals surface area contributed by atoms with Gasteiger partial charge in [0.05, 0.1) is 50.2 Å². The van der Waals surface area contributed by atoms with Gasteiger partial charge in [-0.2, -0.15) is 0 Å². The Kier molecular flexibility index (Phi) is 9.58. The van der Waals surface area contributed by atoms with Gasteiger partial charge in [0.15, 0.2) is 0 Å². The van der Waals surface area contributed by atoms with Gasteiger partial charge in [0.25, 0.3) is 0 Å². The summed E-state index contributed by atoms with van der Waals surface area (Å²) >= 11 is 0. The van der Waals surface area contributed by atoms with E-state index in [0.29, 0.717) is 0 Å². The number of benzene rings is 4. The van der Waals surface area contributed by atoms with E-state index in [2.05, 4.69) is 107 Å². The van der Waals surface area contributed by atoms with E-state index in [1.807, 2.05) is 59.7 Å². The number of nitrogens with zero attached hydrogens (tertiary/aromatic N) is 6. The van der Waals surface area contributed by atoms with E-state index < -0.39 is 0 Å². The Labute approximate surface area is 249 Å². The standard InChI is InChI=1S/C30H24N6.3C2H6/c1-19-31-25-10-4-7-13-28(25)34(19)22-16-23(35-20(2)32-26-11-5-8-14-29(26)35)18-24(17-22)36-21(3)33-27-12-6-9-15-30(27)36;3*1-2/h4-18H,1-3H3;3*1-2H3. The van der Waals surface area contributed by atoms with Crippen LogP contribution >= 0.6 is 0 Å². The SMILES string of the molecule is CC.CC.CC.Cc1nc2ccccc2n1-c1cc(-n2c(C)nc3ccccc32)cc(-n2c(C)nc3ccccc32)c1. The van der Waals surface area contributed by atoms with Gasteiger partial charge in [0.2, 0.25) is 0 Å². The Morgan fingerprint density at radius 3 is 0.881 bits per heavy atom. The Balaban J connectivity index is 0.000000637. The van der Waals surface area contributed by atoms with Gasteiger partial charge in [-0.15, -0.1) is 0 Å². The summed E-state index contributed by atoms with van der Waals surface area (Å²) < 4.78 is 6.68. The highest BCUT2D eigenvalue weighted by Crippen LogP contribution is 2.30. The number of hydrogen-bond acceptors (Lipinski definition) is 3. The number of hydrogen-bond donors (Lipinski definition) is 0. The van der Waals surface area contributed by atoms with E-state index in [4.69, 9.17) is 15.0 Å². The highest BCUT2D eigenvalue weighted by molar-refractivity contribution is 5.82. The third kappa shape index (κ3) is 5.32. The maximum absolute atomic E-state index is 4.83. The molecule has 0 N–H and O–H groups in total. The van der Waals surface area contributed by atoms with Gasteiger partial charge in [0.1, 0.15) is 17.5 Å². The van der Waals surface area contributed by atoms with Gasteiger partial charge >= 0.3 is 0 Å². The molecule has 6 nitrogen and oxygen atoms in total. The molecule has 0 bridgehead atoms. The van der Waals surface area contributed by atoms with Crippen molar-refractivity contribution in [2.75, 3.05) is 0 Å². The molecule has 0 unspecified atom stereocenters. The molecule has 0 saturated heterocycles. The lowest BCUT2D eigenvalue weighted by Crippen LogP contribution is -2.05. The van der Waals surface area contributed by atoms with Gasteiger partial charge < -0.3 is 0 Å². The number of fused-ring (bicyclic) bond motifs is 3. The van der Waals surface area contributed by atoms with Crippen molar-refractivity contribution in [3.63, 3.8) is 0 Å². The fourth-order valence-corrected chi connectivity index (χ4v) is 5.38. The molecular weight excluding hydrogens is 516 g/mol. The molecule has 7 rings (SSSR count). The average molecular weight is 559 g/mol. The van der Waals surface area contributed by atoms with Gasteiger partial charge in [-0.05, 0) is 75.4 Å². The minimum atomic E-state index is 0.943. The fraction of sp³-hybridized carbons (Fsp3) is 0.250. The van der Waals surface area contributed by atoms with Crippen LogP contribution in [-0.4, -0.2) is 28.7 Å². The first-order chi connectivity index (χ1) is 20.6. The van der Waals surface area contributed by atoms with Crippen LogP contribution in [0.4, 0.5) is 0 Å². The molecule has 0 saturated carbocycles. The second-order valence-electron chi connectivity index (χ2n) is 9.16. The van der Waals surface area contributed by atoms with Gasteiger partial charge in [-0.1, -0.05) is 77.9 Å². The predicted octanol–water partition coefficient (Wildman–Crippen LogP) is 9.71. The van der Waals surface area contributed by atoms with Crippen molar-refractivity contribution in [3.05, 3.63) is 108 Å². The number of aromatic nitrogens is 6. The van der Waals surface area contributed by atoms with E-state index in [1.54, 1.807) is 0 Å². The van der Waals surface area contributed by atoms with Crippen molar-refractivity contribution in [1.29, 1.82) is 0 Å². The molecule has 216 valence electrons. The predicted molar refractivity (Wildman–Crippen MR) is 179 cm³/mol. The van der Waals surface area contributed by atoms with Crippen LogP contribution in [0.3, 0.4) is 0 Å². The Morgan fingerprint density at radius 1 is 0.381 bits per heavy atom. The minimum Gasteiger partial charge on any atom is -0.296 e.